The minimum absolute atomic E-state index is 0. The van der Waals surface area contributed by atoms with E-state index in [0.29, 0.717) is 5.56 Å². The molecule has 21 heavy (non-hydrogen) atoms. The van der Waals surface area contributed by atoms with E-state index in [4.69, 9.17) is 0 Å². The number of aromatic nitrogens is 3. The Morgan fingerprint density at radius 2 is 2.10 bits per heavy atom. The summed E-state index contributed by atoms with van der Waals surface area (Å²) < 4.78 is 1.85. The Morgan fingerprint density at radius 1 is 1.33 bits per heavy atom. The van der Waals surface area contributed by atoms with E-state index in [1.54, 1.807) is 0 Å². The minimum Gasteiger partial charge on any atom is -0.333 e. The summed E-state index contributed by atoms with van der Waals surface area (Å²) in [7, 11) is 0. The van der Waals surface area contributed by atoms with E-state index in [0.717, 1.165) is 31.1 Å². The number of fused-ring (bicyclic) bond motifs is 1. The SMILES string of the molecule is Cc1nnc2ccc(C(=O)N3CCNC[C@H]3C)cn12.Cl.Cl. The number of carbonyl (C=O) groups excluding carboxylic acids is 1. The van der Waals surface area contributed by atoms with E-state index in [1.807, 2.05) is 34.6 Å². The van der Waals surface area contributed by atoms with E-state index < -0.39 is 0 Å². The first-order valence-corrected chi connectivity index (χ1v) is 6.50. The minimum atomic E-state index is 0. The van der Waals surface area contributed by atoms with Crippen LogP contribution in [0.3, 0.4) is 0 Å². The van der Waals surface area contributed by atoms with E-state index >= 15 is 0 Å². The van der Waals surface area contributed by atoms with Crippen LogP contribution < -0.4 is 5.32 Å². The quantitative estimate of drug-likeness (QED) is 0.855. The van der Waals surface area contributed by atoms with Crippen LogP contribution in [0, 0.1) is 6.92 Å². The summed E-state index contributed by atoms with van der Waals surface area (Å²) in [5.74, 6) is 0.863. The van der Waals surface area contributed by atoms with Gasteiger partial charge in [-0.1, -0.05) is 0 Å². The van der Waals surface area contributed by atoms with Gasteiger partial charge in [-0.15, -0.1) is 35.0 Å². The van der Waals surface area contributed by atoms with Gasteiger partial charge in [0.1, 0.15) is 5.82 Å². The van der Waals surface area contributed by atoms with Crippen molar-refractivity contribution in [2.24, 2.45) is 0 Å². The molecule has 0 unspecified atom stereocenters. The first kappa shape index (κ1) is 17.7. The highest BCUT2D eigenvalue weighted by Crippen LogP contribution is 2.12. The molecule has 0 bridgehead atoms. The highest BCUT2D eigenvalue weighted by Gasteiger charge is 2.24. The van der Waals surface area contributed by atoms with Gasteiger partial charge in [-0.3, -0.25) is 9.20 Å². The fraction of sp³-hybridized carbons (Fsp3) is 0.462. The third kappa shape index (κ3) is 3.28. The zero-order valence-corrected chi connectivity index (χ0v) is 13.6. The topological polar surface area (TPSA) is 62.5 Å². The van der Waals surface area contributed by atoms with Crippen molar-refractivity contribution in [2.45, 2.75) is 19.9 Å². The van der Waals surface area contributed by atoms with E-state index in [1.165, 1.54) is 0 Å². The van der Waals surface area contributed by atoms with Crippen molar-refractivity contribution in [3.63, 3.8) is 0 Å². The number of nitrogens with one attached hydrogen (secondary N) is 1. The number of pyridine rings is 1. The van der Waals surface area contributed by atoms with Crippen molar-refractivity contribution in [1.29, 1.82) is 0 Å². The summed E-state index contributed by atoms with van der Waals surface area (Å²) in [4.78, 5) is 14.4. The molecule has 116 valence electrons. The van der Waals surface area contributed by atoms with Gasteiger partial charge in [0.2, 0.25) is 0 Å². The molecule has 0 saturated carbocycles. The second-order valence-electron chi connectivity index (χ2n) is 4.94. The van der Waals surface area contributed by atoms with Gasteiger partial charge in [0.15, 0.2) is 5.65 Å². The summed E-state index contributed by atoms with van der Waals surface area (Å²) in [6.45, 7) is 6.39. The van der Waals surface area contributed by atoms with E-state index in [2.05, 4.69) is 22.4 Å². The third-order valence-electron chi connectivity index (χ3n) is 3.58. The van der Waals surface area contributed by atoms with Crippen molar-refractivity contribution in [1.82, 2.24) is 24.8 Å². The zero-order valence-electron chi connectivity index (χ0n) is 11.9. The number of carbonyl (C=O) groups is 1. The second-order valence-corrected chi connectivity index (χ2v) is 4.94. The number of piperazine rings is 1. The van der Waals surface area contributed by atoms with Gasteiger partial charge in [-0.05, 0) is 26.0 Å². The summed E-state index contributed by atoms with van der Waals surface area (Å²) in [6.07, 6.45) is 1.82. The Hall–Kier alpha value is -1.37. The molecule has 0 aromatic carbocycles. The van der Waals surface area contributed by atoms with Crippen molar-refractivity contribution < 1.29 is 4.79 Å². The van der Waals surface area contributed by atoms with Crippen LogP contribution in [-0.2, 0) is 0 Å². The Labute approximate surface area is 135 Å². The van der Waals surface area contributed by atoms with Crippen LogP contribution in [0.1, 0.15) is 23.1 Å². The monoisotopic (exact) mass is 331 g/mol. The predicted molar refractivity (Wildman–Crippen MR) is 85.6 cm³/mol. The maximum Gasteiger partial charge on any atom is 0.255 e. The maximum absolute atomic E-state index is 12.5. The molecule has 1 aliphatic heterocycles. The molecule has 0 spiro atoms. The lowest BCUT2D eigenvalue weighted by Gasteiger charge is -2.34. The summed E-state index contributed by atoms with van der Waals surface area (Å²) in [5.41, 5.74) is 1.45. The molecular formula is C13H19Cl2N5O. The number of amides is 1. The average Bonchev–Trinajstić information content (AvgIpc) is 2.80. The maximum atomic E-state index is 12.5. The average molecular weight is 332 g/mol. The highest BCUT2D eigenvalue weighted by molar-refractivity contribution is 5.94. The smallest absolute Gasteiger partial charge is 0.255 e. The number of halogens is 2. The summed E-state index contributed by atoms with van der Waals surface area (Å²) in [5, 5.41) is 11.3. The molecule has 3 rings (SSSR count). The normalized spacial score (nSPS) is 18.0. The van der Waals surface area contributed by atoms with Crippen LogP contribution in [0.4, 0.5) is 0 Å². The largest absolute Gasteiger partial charge is 0.333 e. The number of rotatable bonds is 1. The molecule has 2 aromatic heterocycles. The molecule has 2 aromatic rings. The molecule has 3 heterocycles. The third-order valence-corrected chi connectivity index (χ3v) is 3.58. The molecule has 1 fully saturated rings. The number of nitrogens with zero attached hydrogens (tertiary/aromatic N) is 4. The Bertz CT molecular complexity index is 630. The lowest BCUT2D eigenvalue weighted by molar-refractivity contribution is 0.0655. The van der Waals surface area contributed by atoms with Crippen LogP contribution in [0.5, 0.6) is 0 Å². The van der Waals surface area contributed by atoms with Crippen LogP contribution in [0.25, 0.3) is 5.65 Å². The fourth-order valence-corrected chi connectivity index (χ4v) is 2.44. The molecule has 1 atom stereocenters. The first-order chi connectivity index (χ1) is 9.16. The molecule has 6 nitrogen and oxygen atoms in total. The van der Waals surface area contributed by atoms with Gasteiger partial charge in [0.25, 0.3) is 5.91 Å². The number of aryl methyl sites for hydroxylation is 1. The van der Waals surface area contributed by atoms with Crippen molar-refractivity contribution >= 4 is 36.4 Å². The standard InChI is InChI=1S/C13H17N5O.2ClH/c1-9-7-14-5-6-17(9)13(19)11-3-4-12-16-15-10(2)18(12)8-11;;/h3-4,8-9,14H,5-7H2,1-2H3;2*1H/t9-;;/m1../s1. The van der Waals surface area contributed by atoms with Gasteiger partial charge in [0.05, 0.1) is 5.56 Å². The Balaban J connectivity index is 0.00000110. The molecule has 8 heteroatoms. The zero-order chi connectivity index (χ0) is 13.4. The fourth-order valence-electron chi connectivity index (χ4n) is 2.44. The van der Waals surface area contributed by atoms with Gasteiger partial charge in [-0.25, -0.2) is 0 Å². The predicted octanol–water partition coefficient (Wildman–Crippen LogP) is 1.32. The number of hydrogen-bond acceptors (Lipinski definition) is 4. The van der Waals surface area contributed by atoms with E-state index in [9.17, 15) is 4.79 Å². The Kier molecular flexibility index (Phi) is 5.95. The molecule has 0 radical (unpaired) electrons. The summed E-state index contributed by atoms with van der Waals surface area (Å²) >= 11 is 0. The molecule has 1 N–H and O–H groups in total. The molecular weight excluding hydrogens is 313 g/mol. The lowest BCUT2D eigenvalue weighted by atomic mass is 10.1. The highest BCUT2D eigenvalue weighted by atomic mass is 35.5. The molecule has 1 aliphatic rings. The van der Waals surface area contributed by atoms with E-state index in [-0.39, 0.29) is 36.8 Å². The van der Waals surface area contributed by atoms with Gasteiger partial charge in [0, 0.05) is 31.9 Å². The second kappa shape index (κ2) is 7.06. The van der Waals surface area contributed by atoms with Crippen molar-refractivity contribution in [2.75, 3.05) is 19.6 Å². The number of hydrogen-bond donors (Lipinski definition) is 1. The van der Waals surface area contributed by atoms with Crippen molar-refractivity contribution in [3.8, 4) is 0 Å². The van der Waals surface area contributed by atoms with Gasteiger partial charge in [-0.2, -0.15) is 0 Å². The first-order valence-electron chi connectivity index (χ1n) is 6.50. The van der Waals surface area contributed by atoms with Gasteiger partial charge < -0.3 is 10.2 Å². The molecule has 0 aliphatic carbocycles. The van der Waals surface area contributed by atoms with Crippen LogP contribution in [0.2, 0.25) is 0 Å². The van der Waals surface area contributed by atoms with Crippen molar-refractivity contribution in [3.05, 3.63) is 29.7 Å². The lowest BCUT2D eigenvalue weighted by Crippen LogP contribution is -2.52. The van der Waals surface area contributed by atoms with Crippen LogP contribution in [0.15, 0.2) is 18.3 Å². The van der Waals surface area contributed by atoms with Crippen LogP contribution >= 0.6 is 24.8 Å². The molecule has 1 amide bonds. The van der Waals surface area contributed by atoms with Crippen LogP contribution in [-0.4, -0.2) is 51.1 Å². The Morgan fingerprint density at radius 3 is 2.81 bits per heavy atom. The van der Waals surface area contributed by atoms with Gasteiger partial charge >= 0.3 is 0 Å². The molecule has 1 saturated heterocycles. The summed E-state index contributed by atoms with van der Waals surface area (Å²) in [6, 6.07) is 3.87.